The van der Waals surface area contributed by atoms with Crippen molar-refractivity contribution in [3.8, 4) is 0 Å². The molecule has 3 N–H and O–H groups in total. The minimum Gasteiger partial charge on any atom is -0.409 e. The van der Waals surface area contributed by atoms with Gasteiger partial charge in [-0.3, -0.25) is 0 Å². The van der Waals surface area contributed by atoms with E-state index in [1.165, 1.54) is 0 Å². The number of rotatable bonds is 3. The molecule has 0 saturated carbocycles. The first-order valence-electron chi connectivity index (χ1n) is 6.52. The lowest BCUT2D eigenvalue weighted by Crippen LogP contribution is -2.40. The van der Waals surface area contributed by atoms with Crippen LogP contribution in [0.5, 0.6) is 0 Å². The van der Waals surface area contributed by atoms with Crippen molar-refractivity contribution in [3.63, 3.8) is 0 Å². The van der Waals surface area contributed by atoms with Crippen molar-refractivity contribution in [1.82, 2.24) is 0 Å². The van der Waals surface area contributed by atoms with Crippen molar-refractivity contribution < 1.29 is 9.94 Å². The third-order valence-corrected chi connectivity index (χ3v) is 3.59. The molecular formula is C14H21N3O2. The first-order chi connectivity index (χ1) is 9.15. The Morgan fingerprint density at radius 3 is 3.00 bits per heavy atom. The van der Waals surface area contributed by atoms with Crippen LogP contribution in [0.1, 0.15) is 24.0 Å². The Morgan fingerprint density at radius 2 is 2.32 bits per heavy atom. The van der Waals surface area contributed by atoms with Crippen LogP contribution >= 0.6 is 0 Å². The largest absolute Gasteiger partial charge is 0.409 e. The van der Waals surface area contributed by atoms with Crippen molar-refractivity contribution in [2.75, 3.05) is 25.1 Å². The Kier molecular flexibility index (Phi) is 4.27. The molecule has 1 atom stereocenters. The molecule has 1 heterocycles. The Balaban J connectivity index is 2.33. The number of hydrogen-bond acceptors (Lipinski definition) is 4. The standard InChI is InChI=1S/C14H21N3O2/c1-10-5-6-13(12(8-10)14(15)16-18)17-7-3-4-11(9-17)19-2/h5-6,8,11,18H,3-4,7,9H2,1-2H3,(H2,15,16). The third-order valence-electron chi connectivity index (χ3n) is 3.59. The Labute approximate surface area is 113 Å². The molecule has 1 aliphatic rings. The molecule has 0 aromatic heterocycles. The first kappa shape index (κ1) is 13.7. The second-order valence-corrected chi connectivity index (χ2v) is 4.95. The van der Waals surface area contributed by atoms with Crippen LogP contribution in [0.2, 0.25) is 0 Å². The van der Waals surface area contributed by atoms with Crippen molar-refractivity contribution >= 4 is 11.5 Å². The van der Waals surface area contributed by atoms with E-state index in [4.69, 9.17) is 15.7 Å². The fraction of sp³-hybridized carbons (Fsp3) is 0.500. The van der Waals surface area contributed by atoms with Gasteiger partial charge in [0, 0.05) is 31.5 Å². The molecule has 5 nitrogen and oxygen atoms in total. The molecule has 0 bridgehead atoms. The number of piperidine rings is 1. The summed E-state index contributed by atoms with van der Waals surface area (Å²) in [4.78, 5) is 2.24. The number of methoxy groups -OCH3 is 1. The van der Waals surface area contributed by atoms with E-state index < -0.39 is 0 Å². The highest BCUT2D eigenvalue weighted by Gasteiger charge is 2.22. The molecule has 0 amide bonds. The van der Waals surface area contributed by atoms with Crippen LogP contribution < -0.4 is 10.6 Å². The molecule has 5 heteroatoms. The molecule has 0 spiro atoms. The molecule has 0 radical (unpaired) electrons. The molecular weight excluding hydrogens is 242 g/mol. The van der Waals surface area contributed by atoms with Gasteiger partial charge in [-0.05, 0) is 31.9 Å². The number of nitrogens with two attached hydrogens (primary N) is 1. The number of ether oxygens (including phenoxy) is 1. The monoisotopic (exact) mass is 263 g/mol. The summed E-state index contributed by atoms with van der Waals surface area (Å²) in [7, 11) is 1.74. The molecule has 104 valence electrons. The summed E-state index contributed by atoms with van der Waals surface area (Å²) < 4.78 is 5.44. The summed E-state index contributed by atoms with van der Waals surface area (Å²) in [5.41, 5.74) is 8.65. The lowest BCUT2D eigenvalue weighted by Gasteiger charge is -2.34. The predicted octanol–water partition coefficient (Wildman–Crippen LogP) is 1.70. The summed E-state index contributed by atoms with van der Waals surface area (Å²) in [5.74, 6) is 0.151. The zero-order valence-electron chi connectivity index (χ0n) is 11.5. The van der Waals surface area contributed by atoms with E-state index in [9.17, 15) is 0 Å². The molecule has 1 aromatic rings. The second kappa shape index (κ2) is 5.93. The number of oxime groups is 1. The topological polar surface area (TPSA) is 71.1 Å². The normalized spacial score (nSPS) is 20.6. The van der Waals surface area contributed by atoms with Crippen LogP contribution in [0.15, 0.2) is 23.4 Å². The van der Waals surface area contributed by atoms with E-state index in [2.05, 4.69) is 10.1 Å². The SMILES string of the molecule is COC1CCCN(c2ccc(C)cc2/C(N)=N/O)C1. The summed E-state index contributed by atoms with van der Waals surface area (Å²) >= 11 is 0. The number of nitrogens with zero attached hydrogens (tertiary/aromatic N) is 2. The van der Waals surface area contributed by atoms with Crippen LogP contribution in [-0.2, 0) is 4.74 Å². The highest BCUT2D eigenvalue weighted by Crippen LogP contribution is 2.26. The predicted molar refractivity (Wildman–Crippen MR) is 75.9 cm³/mol. The fourth-order valence-corrected chi connectivity index (χ4v) is 2.53. The van der Waals surface area contributed by atoms with Gasteiger partial charge in [-0.1, -0.05) is 16.8 Å². The van der Waals surface area contributed by atoms with Gasteiger partial charge in [0.05, 0.1) is 6.10 Å². The average Bonchev–Trinajstić information content (AvgIpc) is 2.46. The van der Waals surface area contributed by atoms with Crippen LogP contribution in [-0.4, -0.2) is 37.3 Å². The van der Waals surface area contributed by atoms with Crippen LogP contribution in [0, 0.1) is 6.92 Å². The number of aryl methyl sites for hydroxylation is 1. The smallest absolute Gasteiger partial charge is 0.172 e. The summed E-state index contributed by atoms with van der Waals surface area (Å²) in [6.07, 6.45) is 2.41. The van der Waals surface area contributed by atoms with Gasteiger partial charge in [-0.2, -0.15) is 0 Å². The van der Waals surface area contributed by atoms with E-state index in [-0.39, 0.29) is 11.9 Å². The first-order valence-corrected chi connectivity index (χ1v) is 6.52. The molecule has 1 fully saturated rings. The van der Waals surface area contributed by atoms with Crippen molar-refractivity contribution in [1.29, 1.82) is 0 Å². The lowest BCUT2D eigenvalue weighted by atomic mass is 10.0. The molecule has 2 rings (SSSR count). The zero-order chi connectivity index (χ0) is 13.8. The lowest BCUT2D eigenvalue weighted by molar-refractivity contribution is 0.0893. The van der Waals surface area contributed by atoms with Crippen LogP contribution in [0.4, 0.5) is 5.69 Å². The van der Waals surface area contributed by atoms with Gasteiger partial charge >= 0.3 is 0 Å². The maximum absolute atomic E-state index is 8.92. The highest BCUT2D eigenvalue weighted by atomic mass is 16.5. The number of hydrogen-bond donors (Lipinski definition) is 2. The fourth-order valence-electron chi connectivity index (χ4n) is 2.53. The van der Waals surface area contributed by atoms with Gasteiger partial charge in [0.15, 0.2) is 5.84 Å². The Bertz CT molecular complexity index is 474. The Hall–Kier alpha value is -1.75. The van der Waals surface area contributed by atoms with E-state index in [0.717, 1.165) is 42.7 Å². The van der Waals surface area contributed by atoms with Crippen LogP contribution in [0.25, 0.3) is 0 Å². The number of amidine groups is 1. The quantitative estimate of drug-likeness (QED) is 0.377. The maximum atomic E-state index is 8.92. The second-order valence-electron chi connectivity index (χ2n) is 4.95. The molecule has 0 aliphatic carbocycles. The molecule has 19 heavy (non-hydrogen) atoms. The van der Waals surface area contributed by atoms with Gasteiger partial charge in [0.2, 0.25) is 0 Å². The van der Waals surface area contributed by atoms with Gasteiger partial charge in [-0.25, -0.2) is 0 Å². The van der Waals surface area contributed by atoms with Gasteiger partial charge in [0.25, 0.3) is 0 Å². The summed E-state index contributed by atoms with van der Waals surface area (Å²) in [6, 6.07) is 6.02. The van der Waals surface area contributed by atoms with Crippen molar-refractivity contribution in [3.05, 3.63) is 29.3 Å². The van der Waals surface area contributed by atoms with Gasteiger partial charge in [0.1, 0.15) is 0 Å². The van der Waals surface area contributed by atoms with Crippen molar-refractivity contribution in [2.24, 2.45) is 10.9 Å². The molecule has 1 aromatic carbocycles. The Morgan fingerprint density at radius 1 is 1.53 bits per heavy atom. The van der Waals surface area contributed by atoms with E-state index in [0.29, 0.717) is 0 Å². The molecule has 1 aliphatic heterocycles. The molecule has 1 saturated heterocycles. The van der Waals surface area contributed by atoms with Crippen molar-refractivity contribution in [2.45, 2.75) is 25.9 Å². The average molecular weight is 263 g/mol. The number of anilines is 1. The zero-order valence-corrected chi connectivity index (χ0v) is 11.5. The summed E-state index contributed by atoms with van der Waals surface area (Å²) in [5, 5.41) is 12.1. The molecule has 1 unspecified atom stereocenters. The number of benzene rings is 1. The van der Waals surface area contributed by atoms with E-state index in [1.54, 1.807) is 7.11 Å². The summed E-state index contributed by atoms with van der Waals surface area (Å²) in [6.45, 7) is 3.80. The minimum atomic E-state index is 0.151. The minimum absolute atomic E-state index is 0.151. The van der Waals surface area contributed by atoms with Gasteiger partial charge < -0.3 is 20.6 Å². The third kappa shape index (κ3) is 2.98. The van der Waals surface area contributed by atoms with E-state index >= 15 is 0 Å². The van der Waals surface area contributed by atoms with Gasteiger partial charge in [-0.15, -0.1) is 0 Å². The van der Waals surface area contributed by atoms with Crippen LogP contribution in [0.3, 0.4) is 0 Å². The van der Waals surface area contributed by atoms with E-state index in [1.807, 2.05) is 25.1 Å². The maximum Gasteiger partial charge on any atom is 0.172 e. The highest BCUT2D eigenvalue weighted by molar-refractivity contribution is 6.02.